The van der Waals surface area contributed by atoms with Crippen molar-refractivity contribution in [2.45, 2.75) is 0 Å². The van der Waals surface area contributed by atoms with E-state index < -0.39 is 9.85 Å². The smallest absolute Gasteiger partial charge is 0.269 e. The van der Waals surface area contributed by atoms with Gasteiger partial charge in [-0.3, -0.25) is 20.2 Å². The minimum absolute atomic E-state index is 0.0198. The van der Waals surface area contributed by atoms with E-state index in [0.717, 1.165) is 56.8 Å². The van der Waals surface area contributed by atoms with E-state index >= 15 is 0 Å². The molecule has 0 amide bonds. The normalized spacial score (nSPS) is 10.6. The van der Waals surface area contributed by atoms with Gasteiger partial charge in [0.15, 0.2) is 0 Å². The number of benzene rings is 6. The van der Waals surface area contributed by atoms with Crippen molar-refractivity contribution in [3.63, 3.8) is 0 Å². The standard InChI is InChI=1S/C38H30N4O6/c1-47-37-23-19-33(20-24-37)39(31-11-15-35(16-12-31)41(43)44)29-7-3-27(4-8-29)28-5-9-30(10-6-28)40(34-21-25-38(48-2)26-22-34)32-13-17-36(18-14-32)42(45)46/h3-26H,1-2H3. The van der Waals surface area contributed by atoms with E-state index in [0.29, 0.717) is 0 Å². The lowest BCUT2D eigenvalue weighted by Crippen LogP contribution is -2.10. The fourth-order valence-electron chi connectivity index (χ4n) is 5.41. The van der Waals surface area contributed by atoms with E-state index in [1.165, 1.54) is 24.3 Å². The van der Waals surface area contributed by atoms with Crippen molar-refractivity contribution in [3.05, 3.63) is 166 Å². The number of hydrogen-bond donors (Lipinski definition) is 0. The van der Waals surface area contributed by atoms with Gasteiger partial charge >= 0.3 is 0 Å². The molecular formula is C38H30N4O6. The zero-order valence-corrected chi connectivity index (χ0v) is 26.1. The summed E-state index contributed by atoms with van der Waals surface area (Å²) in [6, 6.07) is 44.3. The molecule has 6 rings (SSSR count). The highest BCUT2D eigenvalue weighted by atomic mass is 16.6. The summed E-state index contributed by atoms with van der Waals surface area (Å²) >= 11 is 0. The number of non-ortho nitro benzene ring substituents is 2. The Balaban J connectivity index is 1.31. The molecule has 10 nitrogen and oxygen atoms in total. The van der Waals surface area contributed by atoms with Crippen LogP contribution in [-0.2, 0) is 0 Å². The van der Waals surface area contributed by atoms with Crippen LogP contribution in [-0.4, -0.2) is 24.1 Å². The van der Waals surface area contributed by atoms with Crippen LogP contribution in [0.25, 0.3) is 11.1 Å². The molecule has 0 aromatic heterocycles. The summed E-state index contributed by atoms with van der Waals surface area (Å²) in [7, 11) is 3.22. The number of ether oxygens (including phenoxy) is 2. The lowest BCUT2D eigenvalue weighted by Gasteiger charge is -2.26. The number of nitro groups is 2. The summed E-state index contributed by atoms with van der Waals surface area (Å²) in [6.07, 6.45) is 0. The molecule has 0 aliphatic rings. The second-order valence-corrected chi connectivity index (χ2v) is 10.7. The second-order valence-electron chi connectivity index (χ2n) is 10.7. The maximum absolute atomic E-state index is 11.3. The second kappa shape index (κ2) is 13.8. The molecule has 0 heterocycles. The minimum atomic E-state index is -0.413. The Morgan fingerprint density at radius 3 is 0.854 bits per heavy atom. The van der Waals surface area contributed by atoms with Gasteiger partial charge in [0, 0.05) is 58.4 Å². The number of rotatable bonds is 11. The Bertz CT molecular complexity index is 1860. The summed E-state index contributed by atoms with van der Waals surface area (Å²) in [6.45, 7) is 0. The van der Waals surface area contributed by atoms with Gasteiger partial charge in [-0.2, -0.15) is 0 Å². The van der Waals surface area contributed by atoms with Crippen LogP contribution in [0.2, 0.25) is 0 Å². The molecule has 0 aliphatic carbocycles. The summed E-state index contributed by atoms with van der Waals surface area (Å²) in [5.74, 6) is 1.45. The van der Waals surface area contributed by atoms with Crippen molar-refractivity contribution in [1.82, 2.24) is 0 Å². The molecule has 238 valence electrons. The average Bonchev–Trinajstić information content (AvgIpc) is 3.13. The predicted molar refractivity (Wildman–Crippen MR) is 188 cm³/mol. The third-order valence-electron chi connectivity index (χ3n) is 7.88. The first kappa shape index (κ1) is 31.3. The summed E-state index contributed by atoms with van der Waals surface area (Å²) in [5.41, 5.74) is 7.05. The zero-order valence-electron chi connectivity index (χ0n) is 26.1. The SMILES string of the molecule is COc1ccc(N(c2ccc(-c3ccc(N(c4ccc(OC)cc4)c4ccc([N+](=O)[O-])cc4)cc3)cc2)c2ccc([N+](=O)[O-])cc2)cc1. The van der Waals surface area contributed by atoms with Crippen molar-refractivity contribution in [3.8, 4) is 22.6 Å². The number of nitrogens with zero attached hydrogens (tertiary/aromatic N) is 4. The van der Waals surface area contributed by atoms with E-state index in [9.17, 15) is 20.2 Å². The fourth-order valence-corrected chi connectivity index (χ4v) is 5.41. The summed E-state index contributed by atoms with van der Waals surface area (Å²) in [4.78, 5) is 25.8. The lowest BCUT2D eigenvalue weighted by molar-refractivity contribution is -0.385. The Labute approximate surface area is 276 Å². The highest BCUT2D eigenvalue weighted by Crippen LogP contribution is 2.39. The largest absolute Gasteiger partial charge is 0.497 e. The molecule has 0 radical (unpaired) electrons. The van der Waals surface area contributed by atoms with E-state index in [1.807, 2.05) is 107 Å². The van der Waals surface area contributed by atoms with Gasteiger partial charge in [-0.05, 0) is 108 Å². The van der Waals surface area contributed by atoms with Crippen LogP contribution in [0.1, 0.15) is 0 Å². The van der Waals surface area contributed by atoms with Gasteiger partial charge in [0.2, 0.25) is 0 Å². The average molecular weight is 639 g/mol. The van der Waals surface area contributed by atoms with Crippen molar-refractivity contribution in [1.29, 1.82) is 0 Å². The number of anilines is 6. The van der Waals surface area contributed by atoms with Gasteiger partial charge in [0.1, 0.15) is 11.5 Å². The highest BCUT2D eigenvalue weighted by Gasteiger charge is 2.17. The molecule has 0 aliphatic heterocycles. The number of nitro benzene ring substituents is 2. The van der Waals surface area contributed by atoms with Gasteiger partial charge < -0.3 is 19.3 Å². The van der Waals surface area contributed by atoms with E-state index in [1.54, 1.807) is 38.5 Å². The van der Waals surface area contributed by atoms with Crippen LogP contribution in [0, 0.1) is 20.2 Å². The van der Waals surface area contributed by atoms with Crippen LogP contribution in [0.4, 0.5) is 45.5 Å². The molecule has 0 bridgehead atoms. The Hall–Kier alpha value is -6.68. The van der Waals surface area contributed by atoms with E-state index in [2.05, 4.69) is 0 Å². The van der Waals surface area contributed by atoms with Gasteiger partial charge in [0.25, 0.3) is 11.4 Å². The van der Waals surface area contributed by atoms with Crippen LogP contribution < -0.4 is 19.3 Å². The molecule has 0 saturated heterocycles. The van der Waals surface area contributed by atoms with Crippen molar-refractivity contribution >= 4 is 45.5 Å². The van der Waals surface area contributed by atoms with Gasteiger partial charge in [-0.1, -0.05) is 24.3 Å². The van der Waals surface area contributed by atoms with Crippen LogP contribution in [0.15, 0.2) is 146 Å². The van der Waals surface area contributed by atoms with Crippen molar-refractivity contribution in [2.75, 3.05) is 24.0 Å². The third kappa shape index (κ3) is 6.63. The molecular weight excluding hydrogens is 608 g/mol. The molecule has 6 aromatic carbocycles. The Morgan fingerprint density at radius 2 is 0.625 bits per heavy atom. The van der Waals surface area contributed by atoms with Crippen LogP contribution >= 0.6 is 0 Å². The molecule has 0 N–H and O–H groups in total. The zero-order chi connectivity index (χ0) is 33.6. The maximum Gasteiger partial charge on any atom is 0.269 e. The van der Waals surface area contributed by atoms with Gasteiger partial charge in [-0.15, -0.1) is 0 Å². The quantitative estimate of drug-likeness (QED) is 0.102. The lowest BCUT2D eigenvalue weighted by atomic mass is 10.0. The molecule has 48 heavy (non-hydrogen) atoms. The highest BCUT2D eigenvalue weighted by molar-refractivity contribution is 5.81. The van der Waals surface area contributed by atoms with Crippen LogP contribution in [0.3, 0.4) is 0 Å². The molecule has 0 spiro atoms. The van der Waals surface area contributed by atoms with Gasteiger partial charge in [-0.25, -0.2) is 0 Å². The van der Waals surface area contributed by atoms with Crippen molar-refractivity contribution in [2.24, 2.45) is 0 Å². The van der Waals surface area contributed by atoms with Crippen molar-refractivity contribution < 1.29 is 19.3 Å². The Kier molecular flexibility index (Phi) is 8.97. The summed E-state index contributed by atoms with van der Waals surface area (Å²) in [5, 5.41) is 22.5. The number of hydrogen-bond acceptors (Lipinski definition) is 8. The molecule has 0 saturated carbocycles. The Morgan fingerprint density at radius 1 is 0.396 bits per heavy atom. The fraction of sp³-hybridized carbons (Fsp3) is 0.0526. The molecule has 0 unspecified atom stereocenters. The molecule has 0 fully saturated rings. The molecule has 10 heteroatoms. The first-order chi connectivity index (χ1) is 23.3. The summed E-state index contributed by atoms with van der Waals surface area (Å²) < 4.78 is 10.7. The maximum atomic E-state index is 11.3. The van der Waals surface area contributed by atoms with E-state index in [-0.39, 0.29) is 11.4 Å². The minimum Gasteiger partial charge on any atom is -0.497 e. The monoisotopic (exact) mass is 638 g/mol. The number of methoxy groups -OCH3 is 2. The molecule has 0 atom stereocenters. The first-order valence-corrected chi connectivity index (χ1v) is 14.9. The van der Waals surface area contributed by atoms with E-state index in [4.69, 9.17) is 9.47 Å². The van der Waals surface area contributed by atoms with Crippen LogP contribution in [0.5, 0.6) is 11.5 Å². The third-order valence-corrected chi connectivity index (χ3v) is 7.88. The first-order valence-electron chi connectivity index (χ1n) is 14.9. The van der Waals surface area contributed by atoms with Gasteiger partial charge in [0.05, 0.1) is 24.1 Å². The topological polar surface area (TPSA) is 111 Å². The molecule has 6 aromatic rings. The predicted octanol–water partition coefficient (Wildman–Crippen LogP) is 10.1.